The van der Waals surface area contributed by atoms with Crippen molar-refractivity contribution in [2.45, 2.75) is 167 Å². The van der Waals surface area contributed by atoms with Crippen LogP contribution in [0.15, 0.2) is 84.9 Å². The van der Waals surface area contributed by atoms with Gasteiger partial charge in [-0.2, -0.15) is 26.3 Å². The molecular formula is C54H64F6S4. The number of thiophene rings is 4. The van der Waals surface area contributed by atoms with E-state index >= 15 is 0 Å². The minimum atomic E-state index is -4.37. The summed E-state index contributed by atoms with van der Waals surface area (Å²) in [6.45, 7) is 4.50. The molecule has 0 aliphatic heterocycles. The molecule has 0 saturated carbocycles. The SMILES string of the molecule is CCCCCCCCCCCCc1cc(-c2ccc(C(F)(F)F)cc2)sc1-c1ccc(-c2ccc(-c3sc(-c4ccc(C(F)(F)F)cc4)cc3CCCCCCCCCCCC)s2)s1. The summed E-state index contributed by atoms with van der Waals surface area (Å²) in [5, 5.41) is 0. The predicted octanol–water partition coefficient (Wildman–Crippen LogP) is 21.2. The van der Waals surface area contributed by atoms with Gasteiger partial charge >= 0.3 is 12.4 Å². The van der Waals surface area contributed by atoms with E-state index in [9.17, 15) is 26.3 Å². The minimum Gasteiger partial charge on any atom is -0.166 e. The minimum absolute atomic E-state index is 0.638. The molecule has 2 aromatic carbocycles. The maximum Gasteiger partial charge on any atom is 0.416 e. The molecule has 0 spiro atoms. The smallest absolute Gasteiger partial charge is 0.166 e. The van der Waals surface area contributed by atoms with Crippen molar-refractivity contribution >= 4 is 45.3 Å². The Hall–Kier alpha value is -3.18. The van der Waals surface area contributed by atoms with E-state index in [0.717, 1.165) is 78.9 Å². The van der Waals surface area contributed by atoms with Crippen molar-refractivity contribution < 1.29 is 26.3 Å². The molecule has 4 heterocycles. The van der Waals surface area contributed by atoms with E-state index in [2.05, 4.69) is 50.2 Å². The van der Waals surface area contributed by atoms with Gasteiger partial charge in [0.2, 0.25) is 0 Å². The molecule has 0 fully saturated rings. The normalized spacial score (nSPS) is 12.2. The fourth-order valence-electron chi connectivity index (χ4n) is 8.37. The molecule has 0 saturated heterocycles. The van der Waals surface area contributed by atoms with Crippen LogP contribution in [-0.2, 0) is 25.2 Å². The van der Waals surface area contributed by atoms with E-state index in [1.54, 1.807) is 69.6 Å². The van der Waals surface area contributed by atoms with E-state index in [1.165, 1.54) is 148 Å². The fraction of sp³-hybridized carbons (Fsp3) is 0.481. The van der Waals surface area contributed by atoms with E-state index in [4.69, 9.17) is 0 Å². The number of hydrogen-bond acceptors (Lipinski definition) is 4. The monoisotopic (exact) mass is 954 g/mol. The van der Waals surface area contributed by atoms with Crippen LogP contribution in [-0.4, -0.2) is 0 Å². The van der Waals surface area contributed by atoms with Gasteiger partial charge in [-0.15, -0.1) is 45.3 Å². The first kappa shape index (κ1) is 50.2. The van der Waals surface area contributed by atoms with Crippen molar-refractivity contribution in [2.75, 3.05) is 0 Å². The van der Waals surface area contributed by atoms with Gasteiger partial charge in [-0.1, -0.05) is 154 Å². The van der Waals surface area contributed by atoms with Gasteiger partial charge in [0.25, 0.3) is 0 Å². The zero-order valence-electron chi connectivity index (χ0n) is 37.5. The molecule has 10 heteroatoms. The molecule has 0 unspecified atom stereocenters. The number of rotatable bonds is 27. The Bertz CT molecular complexity index is 2090. The Morgan fingerprint density at radius 2 is 0.625 bits per heavy atom. The Morgan fingerprint density at radius 3 is 0.938 bits per heavy atom. The van der Waals surface area contributed by atoms with Gasteiger partial charge in [0.15, 0.2) is 0 Å². The average molecular weight is 955 g/mol. The highest BCUT2D eigenvalue weighted by Crippen LogP contribution is 2.48. The van der Waals surface area contributed by atoms with Crippen LogP contribution < -0.4 is 0 Å². The van der Waals surface area contributed by atoms with Gasteiger partial charge in [0.1, 0.15) is 0 Å². The van der Waals surface area contributed by atoms with Crippen LogP contribution in [0.2, 0.25) is 0 Å². The highest BCUT2D eigenvalue weighted by Gasteiger charge is 2.31. The quantitative estimate of drug-likeness (QED) is 0.0356. The Morgan fingerprint density at radius 1 is 0.328 bits per heavy atom. The van der Waals surface area contributed by atoms with E-state index in [0.29, 0.717) is 0 Å². The van der Waals surface area contributed by atoms with Gasteiger partial charge in [0, 0.05) is 39.0 Å². The Labute approximate surface area is 394 Å². The second kappa shape index (κ2) is 25.1. The lowest BCUT2D eigenvalue weighted by Gasteiger charge is -2.06. The summed E-state index contributed by atoms with van der Waals surface area (Å²) in [7, 11) is 0. The summed E-state index contributed by atoms with van der Waals surface area (Å²) in [6.07, 6.45) is 18.3. The molecule has 4 aromatic heterocycles. The molecule has 0 bridgehead atoms. The molecule has 0 radical (unpaired) electrons. The van der Waals surface area contributed by atoms with E-state index < -0.39 is 23.5 Å². The summed E-state index contributed by atoms with van der Waals surface area (Å²) in [4.78, 5) is 9.00. The molecule has 0 atom stereocenters. The molecule has 64 heavy (non-hydrogen) atoms. The van der Waals surface area contributed by atoms with E-state index in [-0.39, 0.29) is 0 Å². The molecule has 6 rings (SSSR count). The van der Waals surface area contributed by atoms with Crippen LogP contribution in [0.25, 0.3) is 50.1 Å². The molecular weight excluding hydrogens is 891 g/mol. The Balaban J connectivity index is 1.18. The molecule has 0 aliphatic rings. The number of alkyl halides is 6. The maximum atomic E-state index is 13.4. The third-order valence-corrected chi connectivity index (χ3v) is 17.3. The summed E-state index contributed by atoms with van der Waals surface area (Å²) in [5.74, 6) is 0. The van der Waals surface area contributed by atoms with Crippen LogP contribution in [0.4, 0.5) is 26.3 Å². The standard InChI is InChI=1S/C54H64F6S4/c1-3-5-7-9-11-13-15-17-19-21-23-41-37-49(39-25-29-43(30-26-39)53(55,56)57)63-51(41)47-35-33-45(61-47)46-34-36-48(62-46)52-42(24-22-20-18-16-14-12-10-8-6-4-2)38-50(64-52)40-27-31-44(32-28-40)54(58,59)60/h25-38H,3-24H2,1-2H3. The van der Waals surface area contributed by atoms with Crippen molar-refractivity contribution in [1.82, 2.24) is 0 Å². The largest absolute Gasteiger partial charge is 0.416 e. The number of unbranched alkanes of at least 4 members (excludes halogenated alkanes) is 18. The predicted molar refractivity (Wildman–Crippen MR) is 266 cm³/mol. The lowest BCUT2D eigenvalue weighted by atomic mass is 10.0. The van der Waals surface area contributed by atoms with Crippen molar-refractivity contribution in [3.05, 3.63) is 107 Å². The molecule has 0 amide bonds. The first-order chi connectivity index (χ1) is 30.9. The zero-order chi connectivity index (χ0) is 45.4. The second-order valence-corrected chi connectivity index (χ2v) is 21.5. The third-order valence-electron chi connectivity index (χ3n) is 12.1. The van der Waals surface area contributed by atoms with Crippen LogP contribution in [0.3, 0.4) is 0 Å². The van der Waals surface area contributed by atoms with Gasteiger partial charge in [-0.25, -0.2) is 0 Å². The van der Waals surface area contributed by atoms with Crippen LogP contribution in [0.1, 0.15) is 165 Å². The molecule has 0 N–H and O–H groups in total. The lowest BCUT2D eigenvalue weighted by Crippen LogP contribution is -2.03. The number of halogens is 6. The highest BCUT2D eigenvalue weighted by molar-refractivity contribution is 7.29. The Kier molecular flexibility index (Phi) is 19.7. The summed E-state index contributed by atoms with van der Waals surface area (Å²) in [6, 6.07) is 24.2. The summed E-state index contributed by atoms with van der Waals surface area (Å²) in [5.41, 5.74) is 2.83. The van der Waals surface area contributed by atoms with Crippen molar-refractivity contribution in [3.8, 4) is 50.1 Å². The number of hydrogen-bond donors (Lipinski definition) is 0. The fourth-order valence-corrected chi connectivity index (χ4v) is 13.2. The second-order valence-electron chi connectivity index (χ2n) is 17.3. The number of aryl methyl sites for hydroxylation is 2. The maximum absolute atomic E-state index is 13.4. The van der Waals surface area contributed by atoms with Crippen molar-refractivity contribution in [3.63, 3.8) is 0 Å². The van der Waals surface area contributed by atoms with Crippen LogP contribution in [0, 0.1) is 0 Å². The molecule has 0 nitrogen and oxygen atoms in total. The van der Waals surface area contributed by atoms with Crippen molar-refractivity contribution in [1.29, 1.82) is 0 Å². The summed E-state index contributed by atoms with van der Waals surface area (Å²) >= 11 is 6.84. The van der Waals surface area contributed by atoms with Gasteiger partial charge in [0.05, 0.1) is 11.1 Å². The van der Waals surface area contributed by atoms with E-state index in [1.807, 2.05) is 0 Å². The average Bonchev–Trinajstić information content (AvgIpc) is 4.11. The van der Waals surface area contributed by atoms with Crippen LogP contribution in [0.5, 0.6) is 0 Å². The summed E-state index contributed by atoms with van der Waals surface area (Å²) < 4.78 is 80.5. The van der Waals surface area contributed by atoms with Crippen molar-refractivity contribution in [2.24, 2.45) is 0 Å². The molecule has 6 aromatic rings. The van der Waals surface area contributed by atoms with Gasteiger partial charge in [-0.05, 0) is 109 Å². The topological polar surface area (TPSA) is 0 Å². The third kappa shape index (κ3) is 14.9. The lowest BCUT2D eigenvalue weighted by molar-refractivity contribution is -0.138. The first-order valence-corrected chi connectivity index (χ1v) is 27.0. The highest BCUT2D eigenvalue weighted by atomic mass is 32.1. The van der Waals surface area contributed by atoms with Gasteiger partial charge < -0.3 is 0 Å². The molecule has 346 valence electrons. The molecule has 0 aliphatic carbocycles. The zero-order valence-corrected chi connectivity index (χ0v) is 40.8. The van der Waals surface area contributed by atoms with Gasteiger partial charge in [-0.3, -0.25) is 0 Å². The first-order valence-electron chi connectivity index (χ1n) is 23.8. The number of benzene rings is 2. The van der Waals surface area contributed by atoms with Crippen LogP contribution >= 0.6 is 45.3 Å².